The van der Waals surface area contributed by atoms with E-state index in [1.54, 1.807) is 42.6 Å². The molecule has 0 aliphatic carbocycles. The molecule has 97 heavy (non-hydrogen) atoms. The number of alkyl halides is 1. The van der Waals surface area contributed by atoms with Crippen LogP contribution in [0.3, 0.4) is 0 Å². The molecule has 0 saturated carbocycles. The number of aromatic nitrogens is 4. The van der Waals surface area contributed by atoms with Crippen LogP contribution < -0.4 is 35.5 Å². The van der Waals surface area contributed by atoms with Gasteiger partial charge in [0, 0.05) is 58.9 Å². The van der Waals surface area contributed by atoms with Gasteiger partial charge in [-0.25, -0.2) is 14.8 Å². The van der Waals surface area contributed by atoms with E-state index in [-0.39, 0.29) is 46.2 Å². The second kappa shape index (κ2) is 40.5. The van der Waals surface area contributed by atoms with E-state index in [1.807, 2.05) is 12.1 Å². The Balaban J connectivity index is 0.000000191. The van der Waals surface area contributed by atoms with Gasteiger partial charge in [-0.1, -0.05) is 229 Å². The van der Waals surface area contributed by atoms with Crippen molar-refractivity contribution in [2.45, 2.75) is 34.0 Å². The molecule has 0 unspecified atom stereocenters. The van der Waals surface area contributed by atoms with Crippen molar-refractivity contribution in [3.05, 3.63) is 326 Å². The van der Waals surface area contributed by atoms with Gasteiger partial charge in [-0.3, -0.25) is 25.2 Å². The number of carbonyl (C=O) groups excluding carboxylic acids is 2. The predicted molar refractivity (Wildman–Crippen MR) is 405 cm³/mol. The zero-order chi connectivity index (χ0) is 69.0. The van der Waals surface area contributed by atoms with Crippen LogP contribution in [0.4, 0.5) is 11.4 Å². The van der Waals surface area contributed by atoms with Crippen molar-refractivity contribution in [1.29, 1.82) is 0 Å². The Labute approximate surface area is 606 Å². The second-order valence-corrected chi connectivity index (χ2v) is 44.0. The fourth-order valence-corrected chi connectivity index (χ4v) is 17.7. The zero-order valence-corrected chi connectivity index (χ0v) is 63.2. The fourth-order valence-electron chi connectivity index (χ4n) is 9.46. The smallest absolute Gasteiger partial charge is 0.0134 e. The Kier molecular flexibility index (Phi) is 32.8. The summed E-state index contributed by atoms with van der Waals surface area (Å²) in [7, 11) is 11.4. The molecule has 0 spiro atoms. The molecule has 0 aliphatic rings. The van der Waals surface area contributed by atoms with Crippen LogP contribution in [-0.2, 0) is 37.2 Å². The number of hydrogen-bond acceptors (Lipinski definition) is 12. The van der Waals surface area contributed by atoms with Crippen LogP contribution in [0.2, 0.25) is 24.9 Å². The first kappa shape index (κ1) is 78.6. The Morgan fingerprint density at radius 2 is 0.804 bits per heavy atom. The first-order valence-corrected chi connectivity index (χ1v) is 47.7. The van der Waals surface area contributed by atoms with E-state index < -0.39 is 50.0 Å². The third-order valence-corrected chi connectivity index (χ3v) is 24.9. The third kappa shape index (κ3) is 23.9. The minimum Gasteiger partial charge on any atom is -0.0622 e. The predicted octanol–water partition coefficient (Wildman–Crippen LogP) is 17.6. The van der Waals surface area contributed by atoms with Crippen molar-refractivity contribution < 1.29 is 44.8 Å². The molecule has 500 valence electrons. The Morgan fingerprint density at radius 3 is 1.12 bits per heavy atom. The van der Waals surface area contributed by atoms with Gasteiger partial charge < -0.3 is 4.74 Å². The van der Waals surface area contributed by atoms with Crippen molar-refractivity contribution in [1.82, 2.24) is 19.9 Å². The maximum Gasteiger partial charge on any atom is -0.0134 e. The van der Waals surface area contributed by atoms with Gasteiger partial charge in [0.05, 0.1) is 32.6 Å². The van der Waals surface area contributed by atoms with E-state index in [1.165, 1.54) is 76.8 Å². The quantitative estimate of drug-likeness (QED) is 0.0250. The van der Waals surface area contributed by atoms with Crippen LogP contribution in [0, 0.1) is 20.2 Å². The molecule has 0 radical (unpaired) electrons. The standard InChI is InChI=1S/2C18H15P.C17H12ClN3O4.C10H6BrClN2O2.C7H6NO2.CH4.3CH3.2ClH.Pd.Sn/c2*1-4-10-16(11-5-1)19(17-12-6-2-7-13-17)18-14-8-3-9-15-18;1-25-17(22)11-2-3-19-14(8-11)5-10-4-12-7-13(18)9-20-16(12)15(6-10)21(23)24;11-4-6-1-7-3-8(12)5-13-10(7)9(2-6)14(15)16;1-10-7(9)6-2-4-8-5-3-6;;;;;;;;/h2*1-15H;2-4,6-9H,5H2,1H3;1-3,5H,4H2;2-4H,1H3;1H4;3*1H3;2*1H;;/q;;;;;;;;;;;+2;/p-2. The van der Waals surface area contributed by atoms with Crippen molar-refractivity contribution in [3.8, 4) is 0 Å². The van der Waals surface area contributed by atoms with Crippen molar-refractivity contribution >= 4 is 173 Å². The van der Waals surface area contributed by atoms with Gasteiger partial charge in [-0.15, -0.1) is 0 Å². The summed E-state index contributed by atoms with van der Waals surface area (Å²) in [6, 6.07) is 81.2. The second-order valence-electron chi connectivity index (χ2n) is 21.4. The fraction of sp³-hybridized carbons (Fsp3) is 0.108. The molecule has 12 rings (SSSR count). The summed E-state index contributed by atoms with van der Waals surface area (Å²) in [4.78, 5) is 67.5. The molecular formula is C74H67BrCl4N6O8P2PdSn. The van der Waals surface area contributed by atoms with Crippen LogP contribution in [-0.4, -0.2) is 74.3 Å². The number of benzene rings is 8. The van der Waals surface area contributed by atoms with Crippen LogP contribution >= 0.6 is 74.0 Å². The summed E-state index contributed by atoms with van der Waals surface area (Å²) in [5.41, 5.74) is 3.58. The summed E-state index contributed by atoms with van der Waals surface area (Å²) in [5.74, 6) is -0.756. The SMILES string of the molecule is C.COC(=O)c1ccn[c]([Sn]([CH3])([CH3])[CH3])c1.COC(=O)c1ccnc(Cc2cc([N+](=O)[O-])c3ncc(Cl)cc3c2)c1.O=[N+]([O-])c1cc(CBr)cc2cc(Cl)cnc12.[Cl][Pd][Cl].c1ccc(P(c2ccccc2)c2ccccc2)cc1.c1ccc(P(c2ccccc2)c2ccccc2)cc1. The molecule has 0 saturated heterocycles. The molecule has 0 amide bonds. The number of halogens is 5. The van der Waals surface area contributed by atoms with Gasteiger partial charge in [0.2, 0.25) is 0 Å². The molecule has 8 aromatic carbocycles. The number of non-ortho nitro benzene ring substituents is 2. The molecule has 0 N–H and O–H groups in total. The van der Waals surface area contributed by atoms with Gasteiger partial charge in [0.1, 0.15) is 11.0 Å². The summed E-state index contributed by atoms with van der Waals surface area (Å²) in [6.45, 7) is 0. The number of nitro benzene ring substituents is 2. The number of esters is 2. The van der Waals surface area contributed by atoms with Gasteiger partial charge in [0.15, 0.2) is 0 Å². The van der Waals surface area contributed by atoms with Gasteiger partial charge in [-0.2, -0.15) is 0 Å². The van der Waals surface area contributed by atoms with E-state index in [2.05, 4.69) is 242 Å². The molecular weight excluding hydrogens is 1610 g/mol. The number of methoxy groups -OCH3 is 2. The number of hydrogen-bond donors (Lipinski definition) is 0. The van der Waals surface area contributed by atoms with Crippen LogP contribution in [0.5, 0.6) is 0 Å². The van der Waals surface area contributed by atoms with Gasteiger partial charge >= 0.3 is 129 Å². The molecule has 4 aromatic heterocycles. The Hall–Kier alpha value is -7.42. The van der Waals surface area contributed by atoms with Crippen LogP contribution in [0.15, 0.2) is 267 Å². The van der Waals surface area contributed by atoms with Gasteiger partial charge in [0.25, 0.3) is 11.4 Å². The number of carbonyl (C=O) groups is 2. The zero-order valence-electron chi connectivity index (χ0n) is 52.4. The van der Waals surface area contributed by atoms with E-state index in [0.717, 1.165) is 9.27 Å². The molecule has 0 aliphatic heterocycles. The number of ether oxygens (including phenoxy) is 2. The number of nitro groups is 2. The van der Waals surface area contributed by atoms with E-state index >= 15 is 0 Å². The van der Waals surface area contributed by atoms with E-state index in [4.69, 9.17) is 42.3 Å². The maximum absolute atomic E-state index is 11.6. The summed E-state index contributed by atoms with van der Waals surface area (Å²) in [6.07, 6.45) is 6.27. The summed E-state index contributed by atoms with van der Waals surface area (Å²) in [5, 5.41) is 33.3. The molecule has 4 heterocycles. The minimum absolute atomic E-state index is 0. The maximum atomic E-state index is 11.6. The van der Waals surface area contributed by atoms with E-state index in [9.17, 15) is 29.8 Å². The van der Waals surface area contributed by atoms with Crippen molar-refractivity contribution in [3.63, 3.8) is 0 Å². The Bertz CT molecular complexity index is 4200. The Morgan fingerprint density at radius 1 is 0.485 bits per heavy atom. The molecule has 12 aromatic rings. The van der Waals surface area contributed by atoms with E-state index in [0.29, 0.717) is 60.5 Å². The number of rotatable bonds is 14. The van der Waals surface area contributed by atoms with Crippen molar-refractivity contribution in [2.75, 3.05) is 14.2 Å². The largest absolute Gasteiger partial charge is 0.0622 e. The minimum atomic E-state index is -2.15. The van der Waals surface area contributed by atoms with Crippen LogP contribution in [0.25, 0.3) is 21.8 Å². The normalized spacial score (nSPS) is 10.5. The molecule has 14 nitrogen and oxygen atoms in total. The number of fused-ring (bicyclic) bond motifs is 2. The first-order chi connectivity index (χ1) is 46.3. The van der Waals surface area contributed by atoms with Crippen molar-refractivity contribution in [2.24, 2.45) is 0 Å². The molecule has 23 heteroatoms. The number of pyridine rings is 4. The topological polar surface area (TPSA) is 190 Å². The van der Waals surface area contributed by atoms with Gasteiger partial charge in [-0.05, 0) is 95.2 Å². The first-order valence-electron chi connectivity index (χ1n) is 29.2. The number of nitrogens with zero attached hydrogens (tertiary/aromatic N) is 6. The third-order valence-electron chi connectivity index (χ3n) is 13.8. The summed E-state index contributed by atoms with van der Waals surface area (Å²) >= 11 is 12.7. The molecule has 0 fully saturated rings. The molecule has 0 bridgehead atoms. The average molecular weight is 1680 g/mol. The molecule has 0 atom stereocenters. The van der Waals surface area contributed by atoms with Crippen LogP contribution in [0.1, 0.15) is 45.0 Å². The average Bonchev–Trinajstić information content (AvgIpc) is 0.814. The summed E-state index contributed by atoms with van der Waals surface area (Å²) < 4.78 is 10.4. The monoisotopic (exact) mass is 1670 g/mol.